The molecule has 1 aromatic carbocycles. The Kier molecular flexibility index (Phi) is 6.78. The number of nitrogens with zero attached hydrogens (tertiary/aromatic N) is 2. The van der Waals surface area contributed by atoms with Crippen LogP contribution in [-0.2, 0) is 14.8 Å². The van der Waals surface area contributed by atoms with Gasteiger partial charge in [0.1, 0.15) is 11.5 Å². The Morgan fingerprint density at radius 3 is 2.66 bits per heavy atom. The Hall–Kier alpha value is -2.56. The van der Waals surface area contributed by atoms with Gasteiger partial charge in [0, 0.05) is 25.7 Å². The van der Waals surface area contributed by atoms with E-state index in [1.807, 2.05) is 4.90 Å². The molecule has 1 aliphatic heterocycles. The molecule has 0 aliphatic carbocycles. The molecule has 0 saturated carbocycles. The van der Waals surface area contributed by atoms with Gasteiger partial charge in [-0.15, -0.1) is 0 Å². The number of hydrogen-bond donors (Lipinski definition) is 1. The van der Waals surface area contributed by atoms with Crippen LogP contribution in [0.15, 0.2) is 46.1 Å². The smallest absolute Gasteiger partial charge is 0.276 e. The zero-order chi connectivity index (χ0) is 20.9. The molecule has 10 heteroatoms. The summed E-state index contributed by atoms with van der Waals surface area (Å²) in [7, 11) is -0.569. The molecule has 2 heterocycles. The van der Waals surface area contributed by atoms with E-state index in [-0.39, 0.29) is 17.5 Å². The van der Waals surface area contributed by atoms with Crippen LogP contribution in [-0.4, -0.2) is 70.5 Å². The topological polar surface area (TPSA) is 101 Å². The van der Waals surface area contributed by atoms with Crippen molar-refractivity contribution >= 4 is 21.6 Å². The summed E-state index contributed by atoms with van der Waals surface area (Å²) in [5.74, 6) is 0.935. The SMILES string of the molecule is COc1ccc(NC(=O)CN2CCCN(S(=O)(=O)c3ccco3)CC2)c(OC)c1. The first kappa shape index (κ1) is 21.2. The highest BCUT2D eigenvalue weighted by atomic mass is 32.2. The standard InChI is InChI=1S/C19H25N3O6S/c1-26-15-6-7-16(17(13-15)27-2)20-18(23)14-21-8-4-9-22(11-10-21)29(24,25)19-5-3-12-28-19/h3,5-7,12-13H,4,8-11,14H2,1-2H3,(H,20,23). The van der Waals surface area contributed by atoms with E-state index in [4.69, 9.17) is 13.9 Å². The fourth-order valence-corrected chi connectivity index (χ4v) is 4.55. The van der Waals surface area contributed by atoms with Crippen molar-refractivity contribution in [3.05, 3.63) is 36.6 Å². The van der Waals surface area contributed by atoms with Crippen molar-refractivity contribution in [2.45, 2.75) is 11.5 Å². The number of anilines is 1. The van der Waals surface area contributed by atoms with Gasteiger partial charge in [-0.1, -0.05) is 0 Å². The molecule has 0 spiro atoms. The van der Waals surface area contributed by atoms with Crippen LogP contribution in [0.5, 0.6) is 11.5 Å². The maximum Gasteiger partial charge on any atom is 0.276 e. The van der Waals surface area contributed by atoms with Crippen LogP contribution in [0.4, 0.5) is 5.69 Å². The molecule has 1 amide bonds. The number of furan rings is 1. The number of hydrogen-bond acceptors (Lipinski definition) is 7. The molecule has 0 bridgehead atoms. The predicted molar refractivity (Wildman–Crippen MR) is 107 cm³/mol. The number of ether oxygens (including phenoxy) is 2. The highest BCUT2D eigenvalue weighted by Gasteiger charge is 2.29. The van der Waals surface area contributed by atoms with Gasteiger partial charge >= 0.3 is 0 Å². The van der Waals surface area contributed by atoms with E-state index in [0.29, 0.717) is 49.8 Å². The second-order valence-corrected chi connectivity index (χ2v) is 8.45. The summed E-state index contributed by atoms with van der Waals surface area (Å²) < 4.78 is 42.1. The van der Waals surface area contributed by atoms with Crippen LogP contribution in [0.3, 0.4) is 0 Å². The lowest BCUT2D eigenvalue weighted by atomic mass is 10.2. The number of carbonyl (C=O) groups excluding carboxylic acids is 1. The van der Waals surface area contributed by atoms with Crippen molar-refractivity contribution in [1.82, 2.24) is 9.21 Å². The Labute approximate surface area is 170 Å². The molecule has 0 unspecified atom stereocenters. The molecular formula is C19H25N3O6S. The number of carbonyl (C=O) groups is 1. The van der Waals surface area contributed by atoms with Crippen LogP contribution < -0.4 is 14.8 Å². The van der Waals surface area contributed by atoms with Crippen LogP contribution in [0, 0.1) is 0 Å². The molecule has 1 aromatic heterocycles. The van der Waals surface area contributed by atoms with Gasteiger partial charge < -0.3 is 19.2 Å². The van der Waals surface area contributed by atoms with Crippen molar-refractivity contribution < 1.29 is 27.1 Å². The monoisotopic (exact) mass is 423 g/mol. The van der Waals surface area contributed by atoms with Crippen LogP contribution in [0.25, 0.3) is 0 Å². The molecule has 29 heavy (non-hydrogen) atoms. The summed E-state index contributed by atoms with van der Waals surface area (Å²) in [4.78, 5) is 14.4. The molecule has 158 valence electrons. The van der Waals surface area contributed by atoms with Gasteiger partial charge in [-0.2, -0.15) is 4.31 Å². The summed E-state index contributed by atoms with van der Waals surface area (Å²) in [6.45, 7) is 1.91. The Morgan fingerprint density at radius 2 is 1.97 bits per heavy atom. The predicted octanol–water partition coefficient (Wildman–Crippen LogP) is 1.63. The lowest BCUT2D eigenvalue weighted by Crippen LogP contribution is -2.38. The highest BCUT2D eigenvalue weighted by Crippen LogP contribution is 2.29. The summed E-state index contributed by atoms with van der Waals surface area (Å²) in [5, 5.41) is 2.78. The van der Waals surface area contributed by atoms with E-state index in [2.05, 4.69) is 5.32 Å². The average Bonchev–Trinajstić information content (AvgIpc) is 3.16. The van der Waals surface area contributed by atoms with Gasteiger partial charge in [0.2, 0.25) is 11.0 Å². The second kappa shape index (κ2) is 9.29. The largest absolute Gasteiger partial charge is 0.497 e. The summed E-state index contributed by atoms with van der Waals surface area (Å²) >= 11 is 0. The van der Waals surface area contributed by atoms with E-state index in [0.717, 1.165) is 0 Å². The molecule has 1 fully saturated rings. The lowest BCUT2D eigenvalue weighted by Gasteiger charge is -2.21. The first-order chi connectivity index (χ1) is 13.9. The van der Waals surface area contributed by atoms with Crippen molar-refractivity contribution in [3.8, 4) is 11.5 Å². The number of rotatable bonds is 7. The van der Waals surface area contributed by atoms with Crippen molar-refractivity contribution in [1.29, 1.82) is 0 Å². The molecule has 1 saturated heterocycles. The van der Waals surface area contributed by atoms with Crippen molar-refractivity contribution in [3.63, 3.8) is 0 Å². The van der Waals surface area contributed by atoms with E-state index < -0.39 is 10.0 Å². The normalized spacial score (nSPS) is 16.2. The van der Waals surface area contributed by atoms with Gasteiger partial charge in [0.05, 0.1) is 32.7 Å². The molecule has 1 N–H and O–H groups in total. The van der Waals surface area contributed by atoms with Gasteiger partial charge in [-0.3, -0.25) is 9.69 Å². The van der Waals surface area contributed by atoms with E-state index in [1.165, 1.54) is 23.7 Å². The second-order valence-electron chi connectivity index (χ2n) is 6.58. The minimum absolute atomic E-state index is 0.0599. The highest BCUT2D eigenvalue weighted by molar-refractivity contribution is 7.89. The summed E-state index contributed by atoms with van der Waals surface area (Å²) in [6.07, 6.45) is 1.97. The van der Waals surface area contributed by atoms with E-state index in [9.17, 15) is 13.2 Å². The fourth-order valence-electron chi connectivity index (χ4n) is 3.18. The third kappa shape index (κ3) is 5.08. The average molecular weight is 423 g/mol. The quantitative estimate of drug-likeness (QED) is 0.722. The molecule has 0 atom stereocenters. The van der Waals surface area contributed by atoms with Gasteiger partial charge in [0.15, 0.2) is 0 Å². The first-order valence-corrected chi connectivity index (χ1v) is 10.7. The molecular weight excluding hydrogens is 398 g/mol. The van der Waals surface area contributed by atoms with Crippen LogP contribution in [0.2, 0.25) is 0 Å². The maximum absolute atomic E-state index is 12.6. The number of methoxy groups -OCH3 is 2. The first-order valence-electron chi connectivity index (χ1n) is 9.22. The number of sulfonamides is 1. The summed E-state index contributed by atoms with van der Waals surface area (Å²) in [6, 6.07) is 8.14. The number of nitrogens with one attached hydrogen (secondary N) is 1. The minimum Gasteiger partial charge on any atom is -0.497 e. The van der Waals surface area contributed by atoms with E-state index in [1.54, 1.807) is 31.4 Å². The third-order valence-corrected chi connectivity index (χ3v) is 6.47. The van der Waals surface area contributed by atoms with Gasteiger partial charge in [0.25, 0.3) is 10.0 Å². The van der Waals surface area contributed by atoms with Crippen LogP contribution >= 0.6 is 0 Å². The summed E-state index contributed by atoms with van der Waals surface area (Å²) in [5.41, 5.74) is 0.551. The van der Waals surface area contributed by atoms with Gasteiger partial charge in [-0.05, 0) is 37.2 Å². The van der Waals surface area contributed by atoms with Crippen molar-refractivity contribution in [2.75, 3.05) is 52.3 Å². The van der Waals surface area contributed by atoms with Gasteiger partial charge in [-0.25, -0.2) is 8.42 Å². The molecule has 0 radical (unpaired) electrons. The number of benzene rings is 1. The van der Waals surface area contributed by atoms with Crippen LogP contribution in [0.1, 0.15) is 6.42 Å². The minimum atomic E-state index is -3.65. The third-order valence-electron chi connectivity index (χ3n) is 4.69. The molecule has 9 nitrogen and oxygen atoms in total. The molecule has 1 aliphatic rings. The molecule has 3 rings (SSSR count). The Morgan fingerprint density at radius 1 is 1.14 bits per heavy atom. The van der Waals surface area contributed by atoms with Crippen molar-refractivity contribution in [2.24, 2.45) is 0 Å². The lowest BCUT2D eigenvalue weighted by molar-refractivity contribution is -0.117. The Balaban J connectivity index is 1.58. The molecule has 2 aromatic rings. The maximum atomic E-state index is 12.6. The number of amides is 1. The fraction of sp³-hybridized carbons (Fsp3) is 0.421. The Bertz CT molecular complexity index is 929. The van der Waals surface area contributed by atoms with E-state index >= 15 is 0 Å². The zero-order valence-corrected chi connectivity index (χ0v) is 17.3. The zero-order valence-electron chi connectivity index (χ0n) is 16.5.